The molecule has 1 saturated heterocycles. The summed E-state index contributed by atoms with van der Waals surface area (Å²) in [5.74, 6) is 0.222. The highest BCUT2D eigenvalue weighted by Gasteiger charge is 2.44. The summed E-state index contributed by atoms with van der Waals surface area (Å²) in [5, 5.41) is 3.03. The molecule has 6 heteroatoms. The van der Waals surface area contributed by atoms with Gasteiger partial charge in [-0.2, -0.15) is 0 Å². The van der Waals surface area contributed by atoms with E-state index < -0.39 is 5.41 Å². The van der Waals surface area contributed by atoms with Gasteiger partial charge in [0, 0.05) is 6.04 Å². The molecule has 0 radical (unpaired) electrons. The van der Waals surface area contributed by atoms with Gasteiger partial charge in [0.15, 0.2) is 0 Å². The molecule has 0 bridgehead atoms. The van der Waals surface area contributed by atoms with Gasteiger partial charge in [0.2, 0.25) is 5.91 Å². The molecule has 92 valence electrons. The molecule has 0 aliphatic carbocycles. The van der Waals surface area contributed by atoms with Gasteiger partial charge in [-0.25, -0.2) is 4.98 Å². The van der Waals surface area contributed by atoms with E-state index in [1.165, 1.54) is 0 Å². The van der Waals surface area contributed by atoms with Crippen LogP contribution in [0.3, 0.4) is 0 Å². The van der Waals surface area contributed by atoms with Crippen molar-refractivity contribution in [1.82, 2.24) is 4.98 Å². The van der Waals surface area contributed by atoms with Crippen molar-refractivity contribution in [3.05, 3.63) is 23.4 Å². The minimum atomic E-state index is -0.718. The lowest BCUT2D eigenvalue weighted by Gasteiger charge is -2.25. The van der Waals surface area contributed by atoms with E-state index in [9.17, 15) is 4.79 Å². The van der Waals surface area contributed by atoms with Crippen LogP contribution in [-0.4, -0.2) is 30.1 Å². The van der Waals surface area contributed by atoms with Gasteiger partial charge >= 0.3 is 0 Å². The van der Waals surface area contributed by atoms with Crippen LogP contribution >= 0.6 is 11.6 Å². The number of nitrogens with two attached hydrogens (primary N) is 1. The second-order valence-corrected chi connectivity index (χ2v) is 4.73. The van der Waals surface area contributed by atoms with Gasteiger partial charge in [0.05, 0.1) is 18.6 Å². The van der Waals surface area contributed by atoms with Crippen molar-refractivity contribution in [1.29, 1.82) is 0 Å². The number of halogens is 1. The van der Waals surface area contributed by atoms with Crippen molar-refractivity contribution < 1.29 is 9.53 Å². The molecule has 5 nitrogen and oxygen atoms in total. The molecule has 2 unspecified atom stereocenters. The van der Waals surface area contributed by atoms with Gasteiger partial charge in [-0.1, -0.05) is 17.7 Å². The lowest BCUT2D eigenvalue weighted by Crippen LogP contribution is -2.47. The van der Waals surface area contributed by atoms with Crippen molar-refractivity contribution in [3.8, 4) is 0 Å². The third-order valence-electron chi connectivity index (χ3n) is 2.99. The molecule has 3 N–H and O–H groups in total. The molecule has 0 aromatic carbocycles. The Morgan fingerprint density at radius 3 is 3.06 bits per heavy atom. The first kappa shape index (κ1) is 12.3. The molecule has 1 fully saturated rings. The molecule has 17 heavy (non-hydrogen) atoms. The Labute approximate surface area is 104 Å². The Kier molecular flexibility index (Phi) is 3.33. The zero-order valence-corrected chi connectivity index (χ0v) is 10.2. The summed E-state index contributed by atoms with van der Waals surface area (Å²) in [6, 6.07) is 4.73. The largest absolute Gasteiger partial charge is 0.379 e. The fourth-order valence-corrected chi connectivity index (χ4v) is 1.82. The van der Waals surface area contributed by atoms with Crippen LogP contribution in [0.2, 0.25) is 5.15 Å². The molecule has 0 spiro atoms. The molecule has 2 heterocycles. The Hall–Kier alpha value is -1.17. The minimum absolute atomic E-state index is 0.197. The SMILES string of the molecule is CC1(C(=O)Nc2cccc(Cl)n2)COCC1N. The molecule has 1 aliphatic heterocycles. The van der Waals surface area contributed by atoms with Crippen molar-refractivity contribution in [2.75, 3.05) is 18.5 Å². The van der Waals surface area contributed by atoms with Crippen LogP contribution < -0.4 is 11.1 Å². The summed E-state index contributed by atoms with van der Waals surface area (Å²) < 4.78 is 5.22. The van der Waals surface area contributed by atoms with Crippen LogP contribution in [0.4, 0.5) is 5.82 Å². The van der Waals surface area contributed by atoms with Gasteiger partial charge in [0.1, 0.15) is 11.0 Å². The Bertz CT molecular complexity index is 440. The van der Waals surface area contributed by atoms with Gasteiger partial charge in [-0.3, -0.25) is 4.79 Å². The third kappa shape index (κ3) is 2.41. The zero-order chi connectivity index (χ0) is 12.5. The van der Waals surface area contributed by atoms with Gasteiger partial charge in [0.25, 0.3) is 0 Å². The molecular formula is C11H14ClN3O2. The average molecular weight is 256 g/mol. The first-order chi connectivity index (χ1) is 8.02. The highest BCUT2D eigenvalue weighted by molar-refractivity contribution is 6.29. The van der Waals surface area contributed by atoms with E-state index in [1.807, 2.05) is 0 Å². The lowest BCUT2D eigenvalue weighted by atomic mass is 9.85. The van der Waals surface area contributed by atoms with Crippen molar-refractivity contribution >= 4 is 23.3 Å². The van der Waals surface area contributed by atoms with Crippen molar-refractivity contribution in [2.24, 2.45) is 11.1 Å². The second kappa shape index (κ2) is 4.60. The normalized spacial score (nSPS) is 28.1. The number of aromatic nitrogens is 1. The summed E-state index contributed by atoms with van der Waals surface area (Å²) in [6.07, 6.45) is 0. The van der Waals surface area contributed by atoms with E-state index in [0.717, 1.165) is 0 Å². The number of ether oxygens (including phenoxy) is 1. The molecule has 1 aromatic rings. The molecule has 1 amide bonds. The number of nitrogens with zero attached hydrogens (tertiary/aromatic N) is 1. The first-order valence-electron chi connectivity index (χ1n) is 5.30. The average Bonchev–Trinajstić information content (AvgIpc) is 2.60. The molecule has 2 atom stereocenters. The third-order valence-corrected chi connectivity index (χ3v) is 3.20. The van der Waals surface area contributed by atoms with Gasteiger partial charge in [-0.15, -0.1) is 0 Å². The van der Waals surface area contributed by atoms with Crippen LogP contribution in [0.5, 0.6) is 0 Å². The number of carbonyl (C=O) groups is 1. The number of rotatable bonds is 2. The summed E-state index contributed by atoms with van der Waals surface area (Å²) in [5.41, 5.74) is 5.15. The second-order valence-electron chi connectivity index (χ2n) is 4.34. The lowest BCUT2D eigenvalue weighted by molar-refractivity contribution is -0.125. The van der Waals surface area contributed by atoms with Crippen LogP contribution in [0.25, 0.3) is 0 Å². The van der Waals surface area contributed by atoms with Crippen molar-refractivity contribution in [3.63, 3.8) is 0 Å². The smallest absolute Gasteiger partial charge is 0.235 e. The van der Waals surface area contributed by atoms with Gasteiger partial charge < -0.3 is 15.8 Å². The van der Waals surface area contributed by atoms with E-state index in [1.54, 1.807) is 25.1 Å². The fraction of sp³-hybridized carbons (Fsp3) is 0.455. The van der Waals surface area contributed by atoms with E-state index in [4.69, 9.17) is 22.1 Å². The highest BCUT2D eigenvalue weighted by atomic mass is 35.5. The number of nitrogens with one attached hydrogen (secondary N) is 1. The number of hydrogen-bond donors (Lipinski definition) is 2. The quantitative estimate of drug-likeness (QED) is 0.774. The van der Waals surface area contributed by atoms with Gasteiger partial charge in [-0.05, 0) is 19.1 Å². The van der Waals surface area contributed by atoms with E-state index in [0.29, 0.717) is 24.2 Å². The van der Waals surface area contributed by atoms with E-state index in [2.05, 4.69) is 10.3 Å². The Morgan fingerprint density at radius 1 is 1.71 bits per heavy atom. The van der Waals surface area contributed by atoms with E-state index in [-0.39, 0.29) is 11.9 Å². The first-order valence-corrected chi connectivity index (χ1v) is 5.67. The standard InChI is InChI=1S/C11H14ClN3O2/c1-11(6-17-5-7(11)13)10(16)15-9-4-2-3-8(12)14-9/h2-4,7H,5-6,13H2,1H3,(H,14,15,16). The summed E-state index contributed by atoms with van der Waals surface area (Å²) >= 11 is 5.74. The molecule has 2 rings (SSSR count). The maximum atomic E-state index is 12.1. The molecule has 1 aromatic heterocycles. The van der Waals surface area contributed by atoms with Crippen LogP contribution in [0.1, 0.15) is 6.92 Å². The number of carbonyl (C=O) groups excluding carboxylic acids is 1. The monoisotopic (exact) mass is 255 g/mol. The predicted molar refractivity (Wildman–Crippen MR) is 64.8 cm³/mol. The molecule has 0 saturated carbocycles. The van der Waals surface area contributed by atoms with Crippen LogP contribution in [0, 0.1) is 5.41 Å². The predicted octanol–water partition coefficient (Wildman–Crippen LogP) is 1.04. The minimum Gasteiger partial charge on any atom is -0.379 e. The number of pyridine rings is 1. The zero-order valence-electron chi connectivity index (χ0n) is 9.44. The maximum Gasteiger partial charge on any atom is 0.235 e. The van der Waals surface area contributed by atoms with Crippen LogP contribution in [0.15, 0.2) is 18.2 Å². The topological polar surface area (TPSA) is 77.2 Å². The summed E-state index contributed by atoms with van der Waals surface area (Å²) in [6.45, 7) is 2.50. The van der Waals surface area contributed by atoms with Crippen LogP contribution in [-0.2, 0) is 9.53 Å². The molecule has 1 aliphatic rings. The Balaban J connectivity index is 2.12. The number of anilines is 1. The summed E-state index contributed by atoms with van der Waals surface area (Å²) in [7, 11) is 0. The maximum absolute atomic E-state index is 12.1. The van der Waals surface area contributed by atoms with E-state index >= 15 is 0 Å². The fourth-order valence-electron chi connectivity index (χ4n) is 1.66. The Morgan fingerprint density at radius 2 is 2.47 bits per heavy atom. The summed E-state index contributed by atoms with van der Waals surface area (Å²) in [4.78, 5) is 16.1. The molecular weight excluding hydrogens is 242 g/mol. The highest BCUT2D eigenvalue weighted by Crippen LogP contribution is 2.28. The number of amides is 1. The van der Waals surface area contributed by atoms with Crippen molar-refractivity contribution in [2.45, 2.75) is 13.0 Å². The number of hydrogen-bond acceptors (Lipinski definition) is 4.